The summed E-state index contributed by atoms with van der Waals surface area (Å²) in [5.41, 5.74) is 5.70. The molecule has 0 bridgehead atoms. The van der Waals surface area contributed by atoms with Crippen molar-refractivity contribution in [3.63, 3.8) is 0 Å². The van der Waals surface area contributed by atoms with Crippen molar-refractivity contribution in [3.8, 4) is 28.8 Å². The second kappa shape index (κ2) is 10.4. The summed E-state index contributed by atoms with van der Waals surface area (Å²) in [4.78, 5) is 10.7. The SMILES string of the molecule is CC(C)(C)c1cc(Oc2cccc(-c3[c-]ccc4c3sc3nncn34)n2)nc(-n2c3[c-]cccc3c3ccccc32)c1.[Pt+2]. The Labute approximate surface area is 266 Å². The molecule has 0 radical (unpaired) electrons. The Balaban J connectivity index is 0.00000300. The first kappa shape index (κ1) is 27.4. The summed E-state index contributed by atoms with van der Waals surface area (Å²) in [6.07, 6.45) is 1.73. The molecule has 0 amide bonds. The van der Waals surface area contributed by atoms with E-state index >= 15 is 0 Å². The van der Waals surface area contributed by atoms with Crippen molar-refractivity contribution in [3.05, 3.63) is 109 Å². The predicted octanol–water partition coefficient (Wildman–Crippen LogP) is 8.19. The monoisotopic (exact) mass is 759 g/mol. The van der Waals surface area contributed by atoms with Gasteiger partial charge in [-0.2, -0.15) is 29.2 Å². The largest absolute Gasteiger partial charge is 2.00 e. The molecule has 0 aliphatic carbocycles. The molecular formula is C34H24N6OPtS. The van der Waals surface area contributed by atoms with Gasteiger partial charge in [-0.05, 0) is 50.5 Å². The molecule has 43 heavy (non-hydrogen) atoms. The van der Waals surface area contributed by atoms with Crippen LogP contribution in [0.5, 0.6) is 11.8 Å². The fourth-order valence-corrected chi connectivity index (χ4v) is 6.45. The number of ether oxygens (including phenoxy) is 1. The molecule has 0 spiro atoms. The van der Waals surface area contributed by atoms with Crippen LogP contribution in [0.15, 0.2) is 91.3 Å². The van der Waals surface area contributed by atoms with Crippen LogP contribution in [0.2, 0.25) is 0 Å². The molecule has 9 heteroatoms. The van der Waals surface area contributed by atoms with E-state index < -0.39 is 0 Å². The molecule has 212 valence electrons. The van der Waals surface area contributed by atoms with Crippen LogP contribution in [-0.2, 0) is 26.5 Å². The first-order valence-corrected chi connectivity index (χ1v) is 14.5. The van der Waals surface area contributed by atoms with Crippen molar-refractivity contribution in [2.24, 2.45) is 0 Å². The van der Waals surface area contributed by atoms with Crippen molar-refractivity contribution >= 4 is 48.3 Å². The van der Waals surface area contributed by atoms with Crippen molar-refractivity contribution < 1.29 is 25.8 Å². The molecule has 5 heterocycles. The molecule has 0 aliphatic heterocycles. The van der Waals surface area contributed by atoms with Crippen molar-refractivity contribution in [2.45, 2.75) is 26.2 Å². The van der Waals surface area contributed by atoms with E-state index in [4.69, 9.17) is 14.7 Å². The van der Waals surface area contributed by atoms with E-state index in [1.807, 2.05) is 52.9 Å². The van der Waals surface area contributed by atoms with Gasteiger partial charge in [0.15, 0.2) is 0 Å². The van der Waals surface area contributed by atoms with E-state index in [2.05, 4.69) is 84.1 Å². The fraction of sp³-hybridized carbons (Fsp3) is 0.118. The summed E-state index contributed by atoms with van der Waals surface area (Å²) in [7, 11) is 0. The molecule has 7 nitrogen and oxygen atoms in total. The first-order valence-electron chi connectivity index (χ1n) is 13.6. The van der Waals surface area contributed by atoms with Gasteiger partial charge in [-0.1, -0.05) is 56.6 Å². The molecular weight excluding hydrogens is 736 g/mol. The van der Waals surface area contributed by atoms with E-state index in [0.717, 1.165) is 59.6 Å². The molecule has 0 saturated heterocycles. The topological polar surface area (TPSA) is 70.1 Å². The first-order chi connectivity index (χ1) is 20.4. The van der Waals surface area contributed by atoms with Gasteiger partial charge in [-0.3, -0.25) is 9.38 Å². The number of fused-ring (bicyclic) bond motifs is 6. The minimum Gasteiger partial charge on any atom is -0.421 e. The number of rotatable bonds is 4. The van der Waals surface area contributed by atoms with Crippen LogP contribution < -0.4 is 4.74 Å². The summed E-state index contributed by atoms with van der Waals surface area (Å²) < 4.78 is 11.6. The minimum atomic E-state index is -0.135. The van der Waals surface area contributed by atoms with Crippen molar-refractivity contribution in [2.75, 3.05) is 0 Å². The molecule has 0 atom stereocenters. The molecule has 3 aromatic carbocycles. The zero-order valence-electron chi connectivity index (χ0n) is 23.5. The Hall–Kier alpha value is -4.39. The van der Waals surface area contributed by atoms with Crippen LogP contribution in [-0.4, -0.2) is 29.1 Å². The third-order valence-electron chi connectivity index (χ3n) is 7.46. The fourth-order valence-electron chi connectivity index (χ4n) is 5.40. The van der Waals surface area contributed by atoms with E-state index in [-0.39, 0.29) is 26.5 Å². The summed E-state index contributed by atoms with van der Waals surface area (Å²) in [5.74, 6) is 1.71. The zero-order valence-corrected chi connectivity index (χ0v) is 26.6. The number of aromatic nitrogens is 6. The van der Waals surface area contributed by atoms with Gasteiger partial charge >= 0.3 is 21.1 Å². The number of nitrogens with zero attached hydrogens (tertiary/aromatic N) is 6. The molecule has 8 rings (SSSR count). The van der Waals surface area contributed by atoms with Gasteiger partial charge in [0, 0.05) is 11.6 Å². The Morgan fingerprint density at radius 3 is 2.56 bits per heavy atom. The van der Waals surface area contributed by atoms with Crippen LogP contribution in [0.3, 0.4) is 0 Å². The molecule has 0 unspecified atom stereocenters. The van der Waals surface area contributed by atoms with Gasteiger partial charge in [0.05, 0.1) is 0 Å². The van der Waals surface area contributed by atoms with Gasteiger partial charge < -0.3 is 9.30 Å². The number of pyridine rings is 2. The summed E-state index contributed by atoms with van der Waals surface area (Å²) in [6, 6.07) is 35.1. The standard InChI is InChI=1S/C34H24N6OS.Pt/c1-34(2,3)21-18-29(40-26-14-6-4-10-22(26)23-11-5-7-15-27(23)40)37-31(19-21)41-30-17-9-13-25(36-30)24-12-8-16-28-32(24)42-33-38-35-20-39(28)33;/h4-11,13-14,16-20H,1-3H3;/q-2;+2. The Morgan fingerprint density at radius 1 is 0.814 bits per heavy atom. The molecule has 0 saturated carbocycles. The quantitative estimate of drug-likeness (QED) is 0.170. The van der Waals surface area contributed by atoms with Gasteiger partial charge in [0.2, 0.25) is 16.7 Å². The molecule has 5 aromatic heterocycles. The van der Waals surface area contributed by atoms with Crippen molar-refractivity contribution in [1.82, 2.24) is 29.1 Å². The molecule has 8 aromatic rings. The Morgan fingerprint density at radius 2 is 1.67 bits per heavy atom. The summed E-state index contributed by atoms with van der Waals surface area (Å²) in [5, 5.41) is 10.5. The van der Waals surface area contributed by atoms with Gasteiger partial charge in [0.1, 0.15) is 12.1 Å². The summed E-state index contributed by atoms with van der Waals surface area (Å²) in [6.45, 7) is 6.57. The smallest absolute Gasteiger partial charge is 0.421 e. The van der Waals surface area contributed by atoms with E-state index in [1.54, 1.807) is 17.7 Å². The molecule has 0 fully saturated rings. The second-order valence-corrected chi connectivity index (χ2v) is 12.2. The number of para-hydroxylation sites is 2. The number of hydrogen-bond acceptors (Lipinski definition) is 6. The van der Waals surface area contributed by atoms with Crippen LogP contribution in [0.1, 0.15) is 26.3 Å². The average Bonchev–Trinajstić information content (AvgIpc) is 3.68. The molecule has 0 N–H and O–H groups in total. The van der Waals surface area contributed by atoms with E-state index in [1.165, 1.54) is 0 Å². The Bertz CT molecular complexity index is 2240. The maximum Gasteiger partial charge on any atom is 2.00 e. The van der Waals surface area contributed by atoms with Crippen LogP contribution in [0.4, 0.5) is 0 Å². The number of thiazole rings is 1. The molecule has 0 aliphatic rings. The third-order valence-corrected chi connectivity index (χ3v) is 8.54. The summed E-state index contributed by atoms with van der Waals surface area (Å²) >= 11 is 1.57. The van der Waals surface area contributed by atoms with Crippen LogP contribution in [0.25, 0.3) is 54.1 Å². The van der Waals surface area contributed by atoms with E-state index in [0.29, 0.717) is 11.8 Å². The normalized spacial score (nSPS) is 11.9. The predicted molar refractivity (Wildman–Crippen MR) is 167 cm³/mol. The zero-order chi connectivity index (χ0) is 28.4. The van der Waals surface area contributed by atoms with Crippen molar-refractivity contribution in [1.29, 1.82) is 0 Å². The van der Waals surface area contributed by atoms with Crippen LogP contribution >= 0.6 is 11.3 Å². The second-order valence-electron chi connectivity index (χ2n) is 11.2. The maximum absolute atomic E-state index is 6.41. The van der Waals surface area contributed by atoms with Gasteiger partial charge in [-0.25, -0.2) is 0 Å². The number of benzene rings is 3. The van der Waals surface area contributed by atoms with Crippen LogP contribution in [0, 0.1) is 12.1 Å². The minimum absolute atomic E-state index is 0. The van der Waals surface area contributed by atoms with E-state index in [9.17, 15) is 0 Å². The Kier molecular flexibility index (Phi) is 6.64. The van der Waals surface area contributed by atoms with Gasteiger partial charge in [-0.15, -0.1) is 50.7 Å². The third kappa shape index (κ3) is 4.62. The average molecular weight is 760 g/mol. The van der Waals surface area contributed by atoms with Gasteiger partial charge in [0.25, 0.3) is 0 Å². The maximum atomic E-state index is 6.41. The number of hydrogen-bond donors (Lipinski definition) is 0.